The number of hydrogen-bond acceptors (Lipinski definition) is 3. The van der Waals surface area contributed by atoms with Crippen molar-refractivity contribution in [1.29, 1.82) is 0 Å². The van der Waals surface area contributed by atoms with Crippen LogP contribution in [0.2, 0.25) is 0 Å². The zero-order chi connectivity index (χ0) is 14.9. The quantitative estimate of drug-likeness (QED) is 0.884. The zero-order valence-corrected chi connectivity index (χ0v) is 12.6. The number of hydrogen-bond donors (Lipinski definition) is 1. The van der Waals surface area contributed by atoms with Gasteiger partial charge in [0.15, 0.2) is 0 Å². The average molecular weight is 290 g/mol. The first-order valence-electron chi connectivity index (χ1n) is 6.24. The number of anilines is 2. The topological polar surface area (TPSA) is 63.4 Å². The van der Waals surface area contributed by atoms with Gasteiger partial charge in [0, 0.05) is 7.05 Å². The molecule has 0 fully saturated rings. The van der Waals surface area contributed by atoms with Gasteiger partial charge >= 0.3 is 0 Å². The summed E-state index contributed by atoms with van der Waals surface area (Å²) in [5.41, 5.74) is 8.69. The maximum atomic E-state index is 12.6. The molecule has 106 valence electrons. The van der Waals surface area contributed by atoms with Gasteiger partial charge < -0.3 is 5.73 Å². The van der Waals surface area contributed by atoms with Crippen molar-refractivity contribution in [2.75, 3.05) is 17.1 Å². The van der Waals surface area contributed by atoms with Crippen molar-refractivity contribution >= 4 is 21.4 Å². The third-order valence-corrected chi connectivity index (χ3v) is 5.09. The fraction of sp³-hybridized carbons (Fsp3) is 0.200. The second-order valence-electron chi connectivity index (χ2n) is 4.80. The molecule has 0 aliphatic heterocycles. The van der Waals surface area contributed by atoms with Gasteiger partial charge in [0.2, 0.25) is 0 Å². The predicted molar refractivity (Wildman–Crippen MR) is 82.4 cm³/mol. The minimum absolute atomic E-state index is 0.127. The summed E-state index contributed by atoms with van der Waals surface area (Å²) in [5.74, 6) is 0. The summed E-state index contributed by atoms with van der Waals surface area (Å²) in [4.78, 5) is 0.127. The van der Waals surface area contributed by atoms with E-state index in [2.05, 4.69) is 0 Å². The largest absolute Gasteiger partial charge is 0.398 e. The van der Waals surface area contributed by atoms with Crippen molar-refractivity contribution < 1.29 is 8.42 Å². The van der Waals surface area contributed by atoms with Gasteiger partial charge in [-0.1, -0.05) is 29.8 Å². The molecule has 0 bridgehead atoms. The second kappa shape index (κ2) is 5.17. The van der Waals surface area contributed by atoms with Crippen molar-refractivity contribution in [3.05, 3.63) is 53.6 Å². The molecule has 0 aliphatic carbocycles. The van der Waals surface area contributed by atoms with Crippen LogP contribution in [-0.4, -0.2) is 15.5 Å². The van der Waals surface area contributed by atoms with Gasteiger partial charge in [-0.25, -0.2) is 8.42 Å². The lowest BCUT2D eigenvalue weighted by molar-refractivity contribution is 0.594. The monoisotopic (exact) mass is 290 g/mol. The van der Waals surface area contributed by atoms with Crippen LogP contribution in [0.3, 0.4) is 0 Å². The van der Waals surface area contributed by atoms with E-state index in [-0.39, 0.29) is 10.6 Å². The van der Waals surface area contributed by atoms with E-state index < -0.39 is 10.0 Å². The molecule has 0 heterocycles. The number of rotatable bonds is 3. The van der Waals surface area contributed by atoms with Gasteiger partial charge in [0.05, 0.1) is 11.4 Å². The lowest BCUT2D eigenvalue weighted by Crippen LogP contribution is -2.27. The molecule has 2 N–H and O–H groups in total. The third-order valence-electron chi connectivity index (χ3n) is 3.25. The molecule has 0 unspecified atom stereocenters. The molecule has 0 radical (unpaired) electrons. The van der Waals surface area contributed by atoms with Crippen LogP contribution in [0.4, 0.5) is 11.4 Å². The molecular weight excluding hydrogens is 272 g/mol. The zero-order valence-electron chi connectivity index (χ0n) is 11.8. The van der Waals surface area contributed by atoms with E-state index in [4.69, 9.17) is 5.73 Å². The number of sulfonamides is 1. The first kappa shape index (κ1) is 14.4. The van der Waals surface area contributed by atoms with Crippen LogP contribution in [0.1, 0.15) is 11.1 Å². The van der Waals surface area contributed by atoms with Gasteiger partial charge in [-0.3, -0.25) is 4.31 Å². The summed E-state index contributed by atoms with van der Waals surface area (Å²) in [6, 6.07) is 12.1. The summed E-state index contributed by atoms with van der Waals surface area (Å²) in [6.07, 6.45) is 0. The van der Waals surface area contributed by atoms with E-state index in [0.717, 1.165) is 11.1 Å². The molecule has 0 amide bonds. The summed E-state index contributed by atoms with van der Waals surface area (Å²) < 4.78 is 26.5. The third kappa shape index (κ3) is 2.49. The molecule has 20 heavy (non-hydrogen) atoms. The molecule has 0 saturated heterocycles. The van der Waals surface area contributed by atoms with Crippen LogP contribution in [-0.2, 0) is 10.0 Å². The Kier molecular flexibility index (Phi) is 3.72. The SMILES string of the molecule is Cc1ccc(N(C)S(=O)(=O)c2ccccc2N)c(C)c1. The molecule has 2 aromatic rings. The number of nitrogens with zero attached hydrogens (tertiary/aromatic N) is 1. The molecule has 0 atom stereocenters. The Hall–Kier alpha value is -2.01. The first-order valence-corrected chi connectivity index (χ1v) is 7.68. The van der Waals surface area contributed by atoms with Crippen molar-refractivity contribution in [3.8, 4) is 0 Å². The Balaban J connectivity index is 2.52. The summed E-state index contributed by atoms with van der Waals surface area (Å²) >= 11 is 0. The van der Waals surface area contributed by atoms with Gasteiger partial charge in [-0.05, 0) is 37.6 Å². The highest BCUT2D eigenvalue weighted by atomic mass is 32.2. The van der Waals surface area contributed by atoms with Gasteiger partial charge in [0.1, 0.15) is 4.90 Å². The number of nitrogen functional groups attached to an aromatic ring is 1. The Morgan fingerprint density at radius 2 is 1.70 bits per heavy atom. The van der Waals surface area contributed by atoms with Crippen LogP contribution >= 0.6 is 0 Å². The smallest absolute Gasteiger partial charge is 0.266 e. The van der Waals surface area contributed by atoms with Crippen molar-refractivity contribution in [1.82, 2.24) is 0 Å². The normalized spacial score (nSPS) is 11.3. The maximum Gasteiger partial charge on any atom is 0.266 e. The van der Waals surface area contributed by atoms with Crippen LogP contribution in [0.25, 0.3) is 0 Å². The van der Waals surface area contributed by atoms with Gasteiger partial charge in [-0.15, -0.1) is 0 Å². The van der Waals surface area contributed by atoms with E-state index in [0.29, 0.717) is 5.69 Å². The number of benzene rings is 2. The van der Waals surface area contributed by atoms with Crippen LogP contribution in [0, 0.1) is 13.8 Å². The first-order chi connectivity index (χ1) is 9.34. The van der Waals surface area contributed by atoms with Gasteiger partial charge in [-0.2, -0.15) is 0 Å². The van der Waals surface area contributed by atoms with Crippen molar-refractivity contribution in [2.24, 2.45) is 0 Å². The molecule has 0 saturated carbocycles. The minimum atomic E-state index is -3.65. The van der Waals surface area contributed by atoms with E-state index >= 15 is 0 Å². The average Bonchev–Trinajstić information content (AvgIpc) is 2.38. The van der Waals surface area contributed by atoms with E-state index in [9.17, 15) is 8.42 Å². The number of para-hydroxylation sites is 1. The summed E-state index contributed by atoms with van der Waals surface area (Å²) in [7, 11) is -2.11. The molecule has 5 heteroatoms. The fourth-order valence-corrected chi connectivity index (χ4v) is 3.53. The highest BCUT2D eigenvalue weighted by molar-refractivity contribution is 7.93. The molecule has 0 aliphatic rings. The van der Waals surface area contributed by atoms with Crippen LogP contribution < -0.4 is 10.0 Å². The molecule has 2 rings (SSSR count). The van der Waals surface area contributed by atoms with Gasteiger partial charge in [0.25, 0.3) is 10.0 Å². The second-order valence-corrected chi connectivity index (χ2v) is 6.74. The minimum Gasteiger partial charge on any atom is -0.398 e. The standard InChI is InChI=1S/C15H18N2O2S/c1-11-8-9-14(12(2)10-11)17(3)20(18,19)15-7-5-4-6-13(15)16/h4-10H,16H2,1-3H3. The molecule has 0 aromatic heterocycles. The van der Waals surface area contributed by atoms with Crippen LogP contribution in [0.15, 0.2) is 47.4 Å². The highest BCUT2D eigenvalue weighted by Crippen LogP contribution is 2.28. The highest BCUT2D eigenvalue weighted by Gasteiger charge is 2.24. The number of nitrogens with two attached hydrogens (primary N) is 1. The number of aryl methyl sites for hydroxylation is 2. The Labute approximate surface area is 119 Å². The Morgan fingerprint density at radius 1 is 1.05 bits per heavy atom. The van der Waals surface area contributed by atoms with Crippen molar-refractivity contribution in [2.45, 2.75) is 18.7 Å². The summed E-state index contributed by atoms with van der Waals surface area (Å²) in [5, 5.41) is 0. The van der Waals surface area contributed by atoms with E-state index in [1.54, 1.807) is 31.3 Å². The lowest BCUT2D eigenvalue weighted by atomic mass is 10.1. The summed E-state index contributed by atoms with van der Waals surface area (Å²) in [6.45, 7) is 3.86. The fourth-order valence-electron chi connectivity index (χ4n) is 2.15. The Bertz CT molecular complexity index is 739. The van der Waals surface area contributed by atoms with Crippen LogP contribution in [0.5, 0.6) is 0 Å². The Morgan fingerprint density at radius 3 is 2.30 bits per heavy atom. The molecule has 2 aromatic carbocycles. The van der Waals surface area contributed by atoms with E-state index in [1.165, 1.54) is 10.4 Å². The van der Waals surface area contributed by atoms with E-state index in [1.807, 2.05) is 26.0 Å². The maximum absolute atomic E-state index is 12.6. The molecular formula is C15H18N2O2S. The molecule has 0 spiro atoms. The molecule has 4 nitrogen and oxygen atoms in total. The predicted octanol–water partition coefficient (Wildman–Crippen LogP) is 2.71. The lowest BCUT2D eigenvalue weighted by Gasteiger charge is -2.22. The van der Waals surface area contributed by atoms with Crippen molar-refractivity contribution in [3.63, 3.8) is 0 Å².